The number of aromatic nitrogens is 4. The Morgan fingerprint density at radius 1 is 1.04 bits per heavy atom. The van der Waals surface area contributed by atoms with Gasteiger partial charge in [0.1, 0.15) is 5.75 Å². The predicted molar refractivity (Wildman–Crippen MR) is 109 cm³/mol. The van der Waals surface area contributed by atoms with Gasteiger partial charge in [-0.3, -0.25) is 0 Å². The van der Waals surface area contributed by atoms with Crippen molar-refractivity contribution in [1.29, 1.82) is 0 Å². The number of allylic oxidation sites excluding steroid dienone is 1. The zero-order chi connectivity index (χ0) is 19.0. The van der Waals surface area contributed by atoms with Crippen LogP contribution in [0.1, 0.15) is 37.7 Å². The molecule has 1 heterocycles. The van der Waals surface area contributed by atoms with E-state index in [1.807, 2.05) is 48.5 Å². The van der Waals surface area contributed by atoms with Crippen LogP contribution in [0, 0.1) is 0 Å². The van der Waals surface area contributed by atoms with Crippen LogP contribution in [0.5, 0.6) is 11.8 Å². The Hall–Kier alpha value is -2.99. The van der Waals surface area contributed by atoms with Crippen molar-refractivity contribution in [2.75, 3.05) is 6.54 Å². The van der Waals surface area contributed by atoms with Gasteiger partial charge in [-0.15, -0.1) is 0 Å². The Balaban J connectivity index is 1.34. The number of hydrogen-bond acceptors (Lipinski definition) is 5. The number of hydrogen-bond donors (Lipinski definition) is 1. The maximum atomic E-state index is 5.94. The summed E-state index contributed by atoms with van der Waals surface area (Å²) in [5.41, 5.74) is 3.63. The van der Waals surface area contributed by atoms with Gasteiger partial charge < -0.3 is 10.1 Å². The Kier molecular flexibility index (Phi) is 6.09. The summed E-state index contributed by atoms with van der Waals surface area (Å²) in [6.07, 6.45) is 8.75. The quantitative estimate of drug-likeness (QED) is 0.466. The lowest BCUT2D eigenvalue weighted by atomic mass is 9.97. The van der Waals surface area contributed by atoms with Gasteiger partial charge >= 0.3 is 6.01 Å². The molecule has 1 aliphatic rings. The molecule has 4 rings (SSSR count). The highest BCUT2D eigenvalue weighted by Gasteiger charge is 2.10. The fraction of sp³-hybridized carbons (Fsp3) is 0.318. The number of ether oxygens (including phenoxy) is 1. The van der Waals surface area contributed by atoms with Crippen molar-refractivity contribution in [3.63, 3.8) is 0 Å². The van der Waals surface area contributed by atoms with Gasteiger partial charge in [-0.1, -0.05) is 47.1 Å². The molecule has 0 atom stereocenters. The van der Waals surface area contributed by atoms with Crippen LogP contribution in [0.25, 0.3) is 5.69 Å². The molecule has 28 heavy (non-hydrogen) atoms. The molecule has 0 amide bonds. The first-order valence-corrected chi connectivity index (χ1v) is 9.88. The van der Waals surface area contributed by atoms with Gasteiger partial charge in [0.25, 0.3) is 0 Å². The van der Waals surface area contributed by atoms with E-state index in [-0.39, 0.29) is 0 Å². The number of tetrazole rings is 1. The lowest BCUT2D eigenvalue weighted by Crippen LogP contribution is -2.15. The van der Waals surface area contributed by atoms with Crippen molar-refractivity contribution >= 4 is 0 Å². The van der Waals surface area contributed by atoms with Crippen molar-refractivity contribution in [2.45, 2.75) is 38.6 Å². The molecule has 0 spiro atoms. The smallest absolute Gasteiger partial charge is 0.345 e. The summed E-state index contributed by atoms with van der Waals surface area (Å²) in [6, 6.07) is 18.1. The molecule has 6 nitrogen and oxygen atoms in total. The van der Waals surface area contributed by atoms with Crippen molar-refractivity contribution in [1.82, 2.24) is 25.5 Å². The Labute approximate surface area is 165 Å². The first-order chi connectivity index (χ1) is 13.9. The van der Waals surface area contributed by atoms with Crippen molar-refractivity contribution < 1.29 is 4.74 Å². The van der Waals surface area contributed by atoms with Gasteiger partial charge in [-0.05, 0) is 78.9 Å². The van der Waals surface area contributed by atoms with E-state index in [0.717, 1.165) is 30.9 Å². The number of para-hydroxylation sites is 1. The van der Waals surface area contributed by atoms with Gasteiger partial charge in [0.05, 0.1) is 5.69 Å². The van der Waals surface area contributed by atoms with E-state index >= 15 is 0 Å². The second kappa shape index (κ2) is 9.28. The summed E-state index contributed by atoms with van der Waals surface area (Å²) >= 11 is 0. The van der Waals surface area contributed by atoms with E-state index in [9.17, 15) is 0 Å². The van der Waals surface area contributed by atoms with Crippen LogP contribution in [0.4, 0.5) is 0 Å². The van der Waals surface area contributed by atoms with Crippen LogP contribution in [0.2, 0.25) is 0 Å². The third-order valence-corrected chi connectivity index (χ3v) is 4.89. The molecule has 1 aromatic heterocycles. The zero-order valence-electron chi connectivity index (χ0n) is 15.9. The predicted octanol–water partition coefficient (Wildman–Crippen LogP) is 4.43. The molecule has 1 N–H and O–H groups in total. The fourth-order valence-electron chi connectivity index (χ4n) is 3.41. The van der Waals surface area contributed by atoms with Crippen LogP contribution in [-0.4, -0.2) is 26.8 Å². The molecule has 0 fully saturated rings. The molecule has 0 saturated carbocycles. The highest BCUT2D eigenvalue weighted by molar-refractivity contribution is 5.34. The molecule has 1 aliphatic carbocycles. The summed E-state index contributed by atoms with van der Waals surface area (Å²) in [5, 5.41) is 15.3. The molecule has 144 valence electrons. The van der Waals surface area contributed by atoms with Gasteiger partial charge in [0.15, 0.2) is 0 Å². The van der Waals surface area contributed by atoms with Crippen molar-refractivity contribution in [2.24, 2.45) is 0 Å². The molecular formula is C22H25N5O. The maximum Gasteiger partial charge on any atom is 0.345 e. The SMILES string of the molecule is C1=C(CCNCc2cccc(Oc3nnnn3-c3ccccc3)c2)CCCC1. The van der Waals surface area contributed by atoms with E-state index in [0.29, 0.717) is 6.01 Å². The average Bonchev–Trinajstić information content (AvgIpc) is 3.21. The van der Waals surface area contributed by atoms with Gasteiger partial charge in [-0.2, -0.15) is 4.68 Å². The Morgan fingerprint density at radius 3 is 2.82 bits per heavy atom. The molecule has 0 bridgehead atoms. The zero-order valence-corrected chi connectivity index (χ0v) is 15.9. The molecule has 0 aliphatic heterocycles. The van der Waals surface area contributed by atoms with Crippen LogP contribution in [-0.2, 0) is 6.54 Å². The Morgan fingerprint density at radius 2 is 1.96 bits per heavy atom. The summed E-state index contributed by atoms with van der Waals surface area (Å²) in [4.78, 5) is 0. The lowest BCUT2D eigenvalue weighted by molar-refractivity contribution is 0.426. The molecule has 3 aromatic rings. The minimum Gasteiger partial charge on any atom is -0.423 e. The highest BCUT2D eigenvalue weighted by atomic mass is 16.5. The molecule has 0 saturated heterocycles. The molecule has 6 heteroatoms. The van der Waals surface area contributed by atoms with Crippen molar-refractivity contribution in [3.05, 3.63) is 71.8 Å². The number of rotatable bonds is 8. The minimum absolute atomic E-state index is 0.348. The number of nitrogens with one attached hydrogen (secondary N) is 1. The third-order valence-electron chi connectivity index (χ3n) is 4.89. The fourth-order valence-corrected chi connectivity index (χ4v) is 3.41. The second-order valence-corrected chi connectivity index (χ2v) is 6.99. The van der Waals surface area contributed by atoms with Crippen LogP contribution in [0.3, 0.4) is 0 Å². The molecule has 0 radical (unpaired) electrons. The largest absolute Gasteiger partial charge is 0.423 e. The Bertz CT molecular complexity index is 919. The maximum absolute atomic E-state index is 5.94. The number of benzene rings is 2. The topological polar surface area (TPSA) is 64.9 Å². The molecule has 0 unspecified atom stereocenters. The van der Waals surface area contributed by atoms with E-state index in [1.165, 1.54) is 31.2 Å². The third kappa shape index (κ3) is 4.84. The van der Waals surface area contributed by atoms with E-state index in [1.54, 1.807) is 10.3 Å². The second-order valence-electron chi connectivity index (χ2n) is 6.99. The summed E-state index contributed by atoms with van der Waals surface area (Å²) in [7, 11) is 0. The number of nitrogens with zero attached hydrogens (tertiary/aromatic N) is 4. The first-order valence-electron chi connectivity index (χ1n) is 9.88. The summed E-state index contributed by atoms with van der Waals surface area (Å²) in [6.45, 7) is 1.82. The van der Waals surface area contributed by atoms with Gasteiger partial charge in [0, 0.05) is 6.54 Å². The minimum atomic E-state index is 0.348. The summed E-state index contributed by atoms with van der Waals surface area (Å²) < 4.78 is 7.52. The van der Waals surface area contributed by atoms with E-state index in [4.69, 9.17) is 4.74 Å². The van der Waals surface area contributed by atoms with Crippen molar-refractivity contribution in [3.8, 4) is 17.4 Å². The average molecular weight is 375 g/mol. The van der Waals surface area contributed by atoms with Gasteiger partial charge in [-0.25, -0.2) is 0 Å². The van der Waals surface area contributed by atoms with Crippen LogP contribution in [0.15, 0.2) is 66.2 Å². The normalized spacial score (nSPS) is 13.9. The van der Waals surface area contributed by atoms with E-state index in [2.05, 4.69) is 33.0 Å². The monoisotopic (exact) mass is 375 g/mol. The summed E-state index contributed by atoms with van der Waals surface area (Å²) in [5.74, 6) is 0.723. The standard InChI is InChI=1S/C22H25N5O/c1-3-8-18(9-4-1)14-15-23-17-19-10-7-13-21(16-19)28-22-24-25-26-27(22)20-11-5-2-6-12-20/h2,5-8,10-13,16,23H,1,3-4,9,14-15,17H2. The van der Waals surface area contributed by atoms with Crippen LogP contribution >= 0.6 is 0 Å². The van der Waals surface area contributed by atoms with E-state index < -0.39 is 0 Å². The molecule has 2 aromatic carbocycles. The van der Waals surface area contributed by atoms with Crippen LogP contribution < -0.4 is 10.1 Å². The highest BCUT2D eigenvalue weighted by Crippen LogP contribution is 2.22. The van der Waals surface area contributed by atoms with Gasteiger partial charge in [0.2, 0.25) is 0 Å². The molecular weight excluding hydrogens is 350 g/mol. The first kappa shape index (κ1) is 18.4. The lowest BCUT2D eigenvalue weighted by Gasteiger charge is -2.13.